The summed E-state index contributed by atoms with van der Waals surface area (Å²) in [7, 11) is 0. The highest BCUT2D eigenvalue weighted by molar-refractivity contribution is 5.84. The quantitative estimate of drug-likeness (QED) is 0.890. The lowest BCUT2D eigenvalue weighted by molar-refractivity contribution is 0.168. The summed E-state index contributed by atoms with van der Waals surface area (Å²) < 4.78 is 4.79. The smallest absolute Gasteiger partial charge is 0.411 e. The molecule has 1 aromatic heterocycles. The molecule has 0 unspecified atom stereocenters. The van der Waals surface area contributed by atoms with Gasteiger partial charge in [-0.05, 0) is 43.7 Å². The van der Waals surface area contributed by atoms with Crippen LogP contribution in [0.5, 0.6) is 0 Å². The summed E-state index contributed by atoms with van der Waals surface area (Å²) in [6.07, 6.45) is 1.10. The Morgan fingerprint density at radius 3 is 2.75 bits per heavy atom. The van der Waals surface area contributed by atoms with Crippen molar-refractivity contribution in [3.8, 4) is 0 Å². The van der Waals surface area contributed by atoms with Crippen LogP contribution in [0.2, 0.25) is 0 Å². The van der Waals surface area contributed by atoms with Gasteiger partial charge in [0.2, 0.25) is 0 Å². The molecule has 0 saturated heterocycles. The van der Waals surface area contributed by atoms with Crippen LogP contribution in [0, 0.1) is 6.92 Å². The Kier molecular flexibility index (Phi) is 4.55. The Labute approximate surface area is 118 Å². The van der Waals surface area contributed by atoms with Gasteiger partial charge in [0.15, 0.2) is 0 Å². The number of nitrogens with zero attached hydrogens (tertiary/aromatic N) is 1. The van der Waals surface area contributed by atoms with E-state index in [0.29, 0.717) is 18.1 Å². The van der Waals surface area contributed by atoms with Crippen molar-refractivity contribution in [3.63, 3.8) is 0 Å². The molecule has 104 valence electrons. The van der Waals surface area contributed by atoms with Crippen LogP contribution in [0.15, 0.2) is 42.6 Å². The minimum absolute atomic E-state index is 0.340. The Bertz CT molecular complexity index is 582. The van der Waals surface area contributed by atoms with Crippen LogP contribution in [-0.2, 0) is 4.74 Å². The summed E-state index contributed by atoms with van der Waals surface area (Å²) in [6.45, 7) is 4.13. The molecule has 0 saturated carbocycles. The van der Waals surface area contributed by atoms with Crippen molar-refractivity contribution < 1.29 is 9.53 Å². The predicted octanol–water partition coefficient (Wildman–Crippen LogP) is 3.70. The lowest BCUT2D eigenvalue weighted by Crippen LogP contribution is -2.13. The van der Waals surface area contributed by atoms with Gasteiger partial charge in [0.05, 0.1) is 18.5 Å². The maximum Gasteiger partial charge on any atom is 0.411 e. The first-order valence-electron chi connectivity index (χ1n) is 6.41. The molecule has 0 bridgehead atoms. The first-order valence-corrected chi connectivity index (χ1v) is 6.41. The minimum Gasteiger partial charge on any atom is -0.450 e. The molecule has 0 spiro atoms. The summed E-state index contributed by atoms with van der Waals surface area (Å²) in [5.74, 6) is 0.713. The fraction of sp³-hybridized carbons (Fsp3) is 0.200. The lowest BCUT2D eigenvalue weighted by Gasteiger charge is -2.08. The second-order valence-electron chi connectivity index (χ2n) is 4.27. The number of carbonyl (C=O) groups is 1. The number of amides is 1. The highest BCUT2D eigenvalue weighted by Crippen LogP contribution is 2.17. The fourth-order valence-electron chi connectivity index (χ4n) is 1.70. The molecule has 0 aliphatic heterocycles. The summed E-state index contributed by atoms with van der Waals surface area (Å²) in [6, 6.07) is 11.6. The van der Waals surface area contributed by atoms with Crippen molar-refractivity contribution in [2.75, 3.05) is 17.2 Å². The Morgan fingerprint density at radius 2 is 2.10 bits per heavy atom. The van der Waals surface area contributed by atoms with Crippen LogP contribution in [0.3, 0.4) is 0 Å². The number of aryl methyl sites for hydroxylation is 1. The molecular formula is C15H17N3O2. The number of ether oxygens (including phenoxy) is 1. The van der Waals surface area contributed by atoms with E-state index in [1.54, 1.807) is 25.3 Å². The van der Waals surface area contributed by atoms with Gasteiger partial charge in [-0.2, -0.15) is 0 Å². The normalized spacial score (nSPS) is 9.90. The zero-order valence-corrected chi connectivity index (χ0v) is 11.5. The van der Waals surface area contributed by atoms with Crippen molar-refractivity contribution in [2.45, 2.75) is 13.8 Å². The first-order chi connectivity index (χ1) is 9.67. The third-order valence-corrected chi connectivity index (χ3v) is 2.58. The largest absolute Gasteiger partial charge is 0.450 e. The average molecular weight is 271 g/mol. The number of pyridine rings is 1. The minimum atomic E-state index is -0.478. The van der Waals surface area contributed by atoms with Gasteiger partial charge in [-0.15, -0.1) is 0 Å². The topological polar surface area (TPSA) is 63.2 Å². The summed E-state index contributed by atoms with van der Waals surface area (Å²) in [5, 5.41) is 5.79. The number of hydrogen-bond donors (Lipinski definition) is 2. The van der Waals surface area contributed by atoms with E-state index >= 15 is 0 Å². The second-order valence-corrected chi connectivity index (χ2v) is 4.27. The van der Waals surface area contributed by atoms with Gasteiger partial charge in [-0.1, -0.05) is 12.1 Å². The van der Waals surface area contributed by atoms with Gasteiger partial charge in [-0.3, -0.25) is 5.32 Å². The standard InChI is InChI=1S/C15H17N3O2/c1-3-20-15(19)18-13-7-8-14(16-10-13)17-12-6-4-5-11(2)9-12/h4-10H,3H2,1-2H3,(H,16,17)(H,18,19). The van der Waals surface area contributed by atoms with Crippen LogP contribution in [0.25, 0.3) is 0 Å². The average Bonchev–Trinajstić information content (AvgIpc) is 2.41. The van der Waals surface area contributed by atoms with E-state index in [4.69, 9.17) is 4.74 Å². The molecule has 0 fully saturated rings. The third-order valence-electron chi connectivity index (χ3n) is 2.58. The van der Waals surface area contributed by atoms with Crippen molar-refractivity contribution in [2.24, 2.45) is 0 Å². The highest BCUT2D eigenvalue weighted by atomic mass is 16.5. The SMILES string of the molecule is CCOC(=O)Nc1ccc(Nc2cccc(C)c2)nc1. The van der Waals surface area contributed by atoms with Crippen molar-refractivity contribution in [3.05, 3.63) is 48.2 Å². The first kappa shape index (κ1) is 13.9. The number of carbonyl (C=O) groups excluding carboxylic acids is 1. The van der Waals surface area contributed by atoms with E-state index in [9.17, 15) is 4.79 Å². The van der Waals surface area contributed by atoms with Crippen molar-refractivity contribution >= 4 is 23.3 Å². The zero-order chi connectivity index (χ0) is 14.4. The van der Waals surface area contributed by atoms with Crippen LogP contribution in [0.4, 0.5) is 22.0 Å². The number of rotatable bonds is 4. The van der Waals surface area contributed by atoms with Gasteiger partial charge in [0.1, 0.15) is 5.82 Å². The summed E-state index contributed by atoms with van der Waals surface area (Å²) >= 11 is 0. The van der Waals surface area contributed by atoms with E-state index in [0.717, 1.165) is 5.69 Å². The van der Waals surface area contributed by atoms with Crippen LogP contribution >= 0.6 is 0 Å². The zero-order valence-electron chi connectivity index (χ0n) is 11.5. The Hall–Kier alpha value is -2.56. The van der Waals surface area contributed by atoms with Gasteiger partial charge in [0.25, 0.3) is 0 Å². The van der Waals surface area contributed by atoms with E-state index < -0.39 is 6.09 Å². The van der Waals surface area contributed by atoms with E-state index in [-0.39, 0.29) is 0 Å². The third kappa shape index (κ3) is 3.98. The maximum atomic E-state index is 11.2. The molecule has 2 aromatic rings. The van der Waals surface area contributed by atoms with Gasteiger partial charge in [0, 0.05) is 5.69 Å². The second kappa shape index (κ2) is 6.56. The number of aromatic nitrogens is 1. The highest BCUT2D eigenvalue weighted by Gasteiger charge is 2.02. The molecule has 0 atom stereocenters. The van der Waals surface area contributed by atoms with Gasteiger partial charge in [-0.25, -0.2) is 9.78 Å². The monoisotopic (exact) mass is 271 g/mol. The molecule has 2 N–H and O–H groups in total. The number of benzene rings is 1. The molecular weight excluding hydrogens is 254 g/mol. The Balaban J connectivity index is 1.99. The number of anilines is 3. The van der Waals surface area contributed by atoms with Gasteiger partial charge >= 0.3 is 6.09 Å². The summed E-state index contributed by atoms with van der Waals surface area (Å²) in [5.41, 5.74) is 2.75. The maximum absolute atomic E-state index is 11.2. The number of nitrogens with one attached hydrogen (secondary N) is 2. The number of hydrogen-bond acceptors (Lipinski definition) is 4. The molecule has 0 aliphatic rings. The van der Waals surface area contributed by atoms with Crippen molar-refractivity contribution in [1.82, 2.24) is 4.98 Å². The van der Waals surface area contributed by atoms with Crippen LogP contribution < -0.4 is 10.6 Å². The molecule has 5 heteroatoms. The molecule has 1 amide bonds. The molecule has 1 heterocycles. The molecule has 20 heavy (non-hydrogen) atoms. The molecule has 1 aromatic carbocycles. The fourth-order valence-corrected chi connectivity index (χ4v) is 1.70. The molecule has 5 nitrogen and oxygen atoms in total. The van der Waals surface area contributed by atoms with Crippen molar-refractivity contribution in [1.29, 1.82) is 0 Å². The predicted molar refractivity (Wildman–Crippen MR) is 79.3 cm³/mol. The van der Waals surface area contributed by atoms with E-state index in [1.165, 1.54) is 5.56 Å². The van der Waals surface area contributed by atoms with E-state index in [2.05, 4.69) is 15.6 Å². The Morgan fingerprint density at radius 1 is 1.25 bits per heavy atom. The molecule has 0 radical (unpaired) electrons. The molecule has 2 rings (SSSR count). The van der Waals surface area contributed by atoms with Crippen LogP contribution in [-0.4, -0.2) is 17.7 Å². The van der Waals surface area contributed by atoms with Crippen LogP contribution in [0.1, 0.15) is 12.5 Å². The molecule has 0 aliphatic carbocycles. The van der Waals surface area contributed by atoms with E-state index in [1.807, 2.05) is 31.2 Å². The summed E-state index contributed by atoms with van der Waals surface area (Å²) in [4.78, 5) is 15.5. The lowest BCUT2D eigenvalue weighted by atomic mass is 10.2. The van der Waals surface area contributed by atoms with Gasteiger partial charge < -0.3 is 10.1 Å².